The SMILES string of the molecule is Cc1cc(C)c(C2CNCCO2)c(O)c1C. The van der Waals surface area contributed by atoms with Gasteiger partial charge >= 0.3 is 0 Å². The third kappa shape index (κ3) is 1.93. The molecule has 1 heterocycles. The number of phenolic OH excluding ortho intramolecular Hbond substituents is 1. The number of aryl methyl sites for hydroxylation is 2. The number of hydrogen-bond donors (Lipinski definition) is 2. The molecule has 1 atom stereocenters. The van der Waals surface area contributed by atoms with E-state index in [2.05, 4.69) is 11.4 Å². The van der Waals surface area contributed by atoms with Crippen molar-refractivity contribution in [1.82, 2.24) is 5.32 Å². The number of ether oxygens (including phenoxy) is 1. The van der Waals surface area contributed by atoms with Crippen LogP contribution in [-0.4, -0.2) is 24.8 Å². The highest BCUT2D eigenvalue weighted by molar-refractivity contribution is 5.50. The number of aromatic hydroxyl groups is 1. The zero-order chi connectivity index (χ0) is 11.7. The molecule has 1 aliphatic heterocycles. The minimum absolute atomic E-state index is 0.0203. The van der Waals surface area contributed by atoms with Gasteiger partial charge in [-0.3, -0.25) is 0 Å². The predicted molar refractivity (Wildman–Crippen MR) is 63.9 cm³/mol. The van der Waals surface area contributed by atoms with Crippen molar-refractivity contribution in [3.05, 3.63) is 28.3 Å². The van der Waals surface area contributed by atoms with Gasteiger partial charge in [-0.2, -0.15) is 0 Å². The Bertz CT molecular complexity index is 395. The molecule has 88 valence electrons. The molecule has 2 N–H and O–H groups in total. The van der Waals surface area contributed by atoms with Gasteiger partial charge < -0.3 is 15.2 Å². The first-order valence-corrected chi connectivity index (χ1v) is 5.73. The number of hydrogen-bond acceptors (Lipinski definition) is 3. The van der Waals surface area contributed by atoms with Gasteiger partial charge in [0.1, 0.15) is 5.75 Å². The van der Waals surface area contributed by atoms with Crippen molar-refractivity contribution in [2.75, 3.05) is 19.7 Å². The van der Waals surface area contributed by atoms with Crippen LogP contribution in [-0.2, 0) is 4.74 Å². The third-order valence-corrected chi connectivity index (χ3v) is 3.31. The highest BCUT2D eigenvalue weighted by Gasteiger charge is 2.22. The second kappa shape index (κ2) is 4.44. The Morgan fingerprint density at radius 3 is 2.69 bits per heavy atom. The van der Waals surface area contributed by atoms with E-state index in [1.54, 1.807) is 0 Å². The summed E-state index contributed by atoms with van der Waals surface area (Å²) in [5.74, 6) is 0.395. The lowest BCUT2D eigenvalue weighted by atomic mass is 9.95. The lowest BCUT2D eigenvalue weighted by Gasteiger charge is -2.27. The van der Waals surface area contributed by atoms with Crippen LogP contribution < -0.4 is 5.32 Å². The predicted octanol–water partition coefficient (Wildman–Crippen LogP) is 1.98. The highest BCUT2D eigenvalue weighted by atomic mass is 16.5. The van der Waals surface area contributed by atoms with Gasteiger partial charge in [0, 0.05) is 18.7 Å². The van der Waals surface area contributed by atoms with Gasteiger partial charge in [-0.05, 0) is 37.5 Å². The molecule has 1 saturated heterocycles. The first-order chi connectivity index (χ1) is 7.61. The van der Waals surface area contributed by atoms with Gasteiger partial charge in [0.05, 0.1) is 12.7 Å². The number of nitrogens with one attached hydrogen (secondary N) is 1. The highest BCUT2D eigenvalue weighted by Crippen LogP contribution is 2.35. The Hall–Kier alpha value is -1.06. The van der Waals surface area contributed by atoms with E-state index in [9.17, 15) is 5.11 Å². The average molecular weight is 221 g/mol. The number of benzene rings is 1. The summed E-state index contributed by atoms with van der Waals surface area (Å²) >= 11 is 0. The van der Waals surface area contributed by atoms with Crippen LogP contribution in [0.5, 0.6) is 5.75 Å². The molecule has 1 aliphatic rings. The van der Waals surface area contributed by atoms with E-state index in [0.717, 1.165) is 35.3 Å². The molecular formula is C13H19NO2. The summed E-state index contributed by atoms with van der Waals surface area (Å²) in [6.07, 6.45) is -0.0203. The first-order valence-electron chi connectivity index (χ1n) is 5.73. The fourth-order valence-corrected chi connectivity index (χ4v) is 2.24. The lowest BCUT2D eigenvalue weighted by Crippen LogP contribution is -2.33. The Morgan fingerprint density at radius 2 is 2.06 bits per heavy atom. The maximum Gasteiger partial charge on any atom is 0.124 e. The monoisotopic (exact) mass is 221 g/mol. The molecule has 0 radical (unpaired) electrons. The Morgan fingerprint density at radius 1 is 1.31 bits per heavy atom. The Kier molecular flexibility index (Phi) is 3.17. The Labute approximate surface area is 96.4 Å². The second-order valence-electron chi connectivity index (χ2n) is 4.46. The molecular weight excluding hydrogens is 202 g/mol. The van der Waals surface area contributed by atoms with E-state index >= 15 is 0 Å². The Balaban J connectivity index is 2.42. The van der Waals surface area contributed by atoms with Crippen molar-refractivity contribution in [3.8, 4) is 5.75 Å². The zero-order valence-electron chi connectivity index (χ0n) is 10.1. The van der Waals surface area contributed by atoms with E-state index < -0.39 is 0 Å². The van der Waals surface area contributed by atoms with Crippen molar-refractivity contribution in [3.63, 3.8) is 0 Å². The van der Waals surface area contributed by atoms with Crippen LogP contribution in [0.4, 0.5) is 0 Å². The average Bonchev–Trinajstić information content (AvgIpc) is 2.28. The van der Waals surface area contributed by atoms with Gasteiger partial charge in [0.25, 0.3) is 0 Å². The van der Waals surface area contributed by atoms with Crippen LogP contribution in [0.2, 0.25) is 0 Å². The summed E-state index contributed by atoms with van der Waals surface area (Å²) in [7, 11) is 0. The molecule has 0 aliphatic carbocycles. The van der Waals surface area contributed by atoms with Gasteiger partial charge in [-0.15, -0.1) is 0 Å². The minimum atomic E-state index is -0.0203. The van der Waals surface area contributed by atoms with E-state index in [4.69, 9.17) is 4.74 Å². The van der Waals surface area contributed by atoms with Crippen LogP contribution in [0.1, 0.15) is 28.4 Å². The molecule has 16 heavy (non-hydrogen) atoms. The van der Waals surface area contributed by atoms with Crippen LogP contribution in [0.3, 0.4) is 0 Å². The maximum atomic E-state index is 10.2. The number of morpholine rings is 1. The molecule has 3 nitrogen and oxygen atoms in total. The summed E-state index contributed by atoms with van der Waals surface area (Å²) in [4.78, 5) is 0. The molecule has 0 spiro atoms. The van der Waals surface area contributed by atoms with E-state index in [1.165, 1.54) is 0 Å². The van der Waals surface area contributed by atoms with Crippen LogP contribution in [0.25, 0.3) is 0 Å². The summed E-state index contributed by atoms with van der Waals surface area (Å²) in [5, 5.41) is 13.5. The largest absolute Gasteiger partial charge is 0.507 e. The first kappa shape index (κ1) is 11.4. The van der Waals surface area contributed by atoms with Gasteiger partial charge in [0.2, 0.25) is 0 Å². The molecule has 0 aromatic heterocycles. The lowest BCUT2D eigenvalue weighted by molar-refractivity contribution is 0.0258. The summed E-state index contributed by atoms with van der Waals surface area (Å²) in [5.41, 5.74) is 4.13. The van der Waals surface area contributed by atoms with Gasteiger partial charge in [-0.1, -0.05) is 6.07 Å². The number of rotatable bonds is 1. The fourth-order valence-electron chi connectivity index (χ4n) is 2.24. The maximum absolute atomic E-state index is 10.2. The minimum Gasteiger partial charge on any atom is -0.507 e. The van der Waals surface area contributed by atoms with E-state index in [1.807, 2.05) is 20.8 Å². The summed E-state index contributed by atoms with van der Waals surface area (Å²) < 4.78 is 5.70. The third-order valence-electron chi connectivity index (χ3n) is 3.31. The van der Waals surface area contributed by atoms with Crippen LogP contribution in [0, 0.1) is 20.8 Å². The molecule has 2 rings (SSSR count). The number of phenols is 1. The zero-order valence-corrected chi connectivity index (χ0v) is 10.1. The fraction of sp³-hybridized carbons (Fsp3) is 0.538. The standard InChI is InChI=1S/C13H19NO2/c1-8-6-9(2)12(13(15)10(8)3)11-7-14-4-5-16-11/h6,11,14-15H,4-5,7H2,1-3H3. The van der Waals surface area contributed by atoms with Gasteiger partial charge in [0.15, 0.2) is 0 Å². The summed E-state index contributed by atoms with van der Waals surface area (Å²) in [6.45, 7) is 8.36. The molecule has 3 heteroatoms. The molecule has 1 aromatic carbocycles. The summed E-state index contributed by atoms with van der Waals surface area (Å²) in [6, 6.07) is 2.11. The molecule has 0 saturated carbocycles. The molecule has 1 fully saturated rings. The molecule has 1 unspecified atom stereocenters. The van der Waals surface area contributed by atoms with Crippen molar-refractivity contribution < 1.29 is 9.84 Å². The second-order valence-corrected chi connectivity index (χ2v) is 4.46. The smallest absolute Gasteiger partial charge is 0.124 e. The molecule has 1 aromatic rings. The van der Waals surface area contributed by atoms with E-state index in [-0.39, 0.29) is 6.10 Å². The normalized spacial score (nSPS) is 21.1. The quantitative estimate of drug-likeness (QED) is 0.762. The van der Waals surface area contributed by atoms with Crippen molar-refractivity contribution in [2.24, 2.45) is 0 Å². The molecule has 0 amide bonds. The molecule has 0 bridgehead atoms. The van der Waals surface area contributed by atoms with Crippen LogP contribution in [0.15, 0.2) is 6.07 Å². The van der Waals surface area contributed by atoms with Gasteiger partial charge in [-0.25, -0.2) is 0 Å². The van der Waals surface area contributed by atoms with Crippen molar-refractivity contribution in [2.45, 2.75) is 26.9 Å². The van der Waals surface area contributed by atoms with Crippen molar-refractivity contribution >= 4 is 0 Å². The van der Waals surface area contributed by atoms with Crippen molar-refractivity contribution in [1.29, 1.82) is 0 Å². The topological polar surface area (TPSA) is 41.5 Å². The van der Waals surface area contributed by atoms with E-state index in [0.29, 0.717) is 12.4 Å². The van der Waals surface area contributed by atoms with Crippen LogP contribution >= 0.6 is 0 Å².